The van der Waals surface area contributed by atoms with Crippen LogP contribution in [-0.2, 0) is 0 Å². The predicted octanol–water partition coefficient (Wildman–Crippen LogP) is -1.06. The second-order valence-corrected chi connectivity index (χ2v) is 0.724. The average Bonchev–Trinajstić information content (AvgIpc) is 1.39. The van der Waals surface area contributed by atoms with Gasteiger partial charge in [-0.2, -0.15) is 0 Å². The van der Waals surface area contributed by atoms with Gasteiger partial charge in [-0.05, 0) is 20.1 Å². The Bertz CT molecular complexity index is 38.5. The highest BCUT2D eigenvalue weighted by atomic mass is 14.7. The van der Waals surface area contributed by atoms with Crippen molar-refractivity contribution in [2.45, 2.75) is 0 Å². The lowest BCUT2D eigenvalue weighted by molar-refractivity contribution is 1.02. The summed E-state index contributed by atoms with van der Waals surface area (Å²) in [6.07, 6.45) is 0. The molecule has 0 aromatic heterocycles. The van der Waals surface area contributed by atoms with E-state index in [4.69, 9.17) is 5.26 Å². The van der Waals surface area contributed by atoms with Crippen molar-refractivity contribution in [2.75, 3.05) is 14.1 Å². The van der Waals surface area contributed by atoms with Gasteiger partial charge in [-0.3, -0.25) is 0 Å². The molecule has 34 valence electrons. The van der Waals surface area contributed by atoms with E-state index in [0.717, 1.165) is 0 Å². The van der Waals surface area contributed by atoms with Crippen LogP contribution in [0, 0.1) is 11.2 Å². The van der Waals surface area contributed by atoms with Crippen LogP contribution in [0.5, 0.6) is 0 Å². The van der Waals surface area contributed by atoms with Crippen molar-refractivity contribution in [1.29, 1.82) is 5.26 Å². The molecule has 0 atom stereocenters. The topological polar surface area (TPSA) is 35.8 Å². The fourth-order valence-electron chi connectivity index (χ4n) is 0. The van der Waals surface area contributed by atoms with Crippen LogP contribution >= 0.6 is 0 Å². The molecule has 0 bridgehead atoms. The summed E-state index contributed by atoms with van der Waals surface area (Å²) in [7, 11) is 5.18. The normalized spacial score (nSPS) is 4.17. The minimum absolute atomic E-state index is 1.43. The van der Waals surface area contributed by atoms with Gasteiger partial charge >= 0.3 is 0 Å². The minimum Gasteiger partial charge on any atom is -0.323 e. The molecule has 0 aromatic rings. The van der Waals surface area contributed by atoms with Crippen LogP contribution in [0.2, 0.25) is 0 Å². The highest BCUT2D eigenvalue weighted by Gasteiger charge is 1.25. The lowest BCUT2D eigenvalue weighted by atomic mass is 10.2. The maximum absolute atomic E-state index is 7.32. The van der Waals surface area contributed by atoms with Gasteiger partial charge in [0.15, 0.2) is 0 Å². The molecule has 0 aliphatic carbocycles. The zero-order valence-electron chi connectivity index (χ0n) is 4.45. The molecule has 0 amide bonds. The first-order valence-corrected chi connectivity index (χ1v) is 1.72. The Hall–Kier alpha value is -0.485. The van der Waals surface area contributed by atoms with Crippen molar-refractivity contribution in [1.82, 2.24) is 5.32 Å². The summed E-state index contributed by atoms with van der Waals surface area (Å²) in [6.45, 7) is 0. The quantitative estimate of drug-likeness (QED) is 0.379. The van der Waals surface area contributed by atoms with Gasteiger partial charge in [0.25, 0.3) is 0 Å². The Morgan fingerprint density at radius 1 is 1.67 bits per heavy atom. The van der Waals surface area contributed by atoms with Crippen LogP contribution in [0.25, 0.3) is 0 Å². The zero-order chi connectivity index (χ0) is 5.41. The maximum atomic E-state index is 7.32. The van der Waals surface area contributed by atoms with Crippen LogP contribution in [0.4, 0.5) is 0 Å². The molecule has 0 saturated heterocycles. The van der Waals surface area contributed by atoms with Crippen molar-refractivity contribution < 1.29 is 0 Å². The van der Waals surface area contributed by atoms with Crippen LogP contribution in [-0.4, -0.2) is 21.9 Å². The molecule has 0 radical (unpaired) electrons. The van der Waals surface area contributed by atoms with Crippen LogP contribution in [0.3, 0.4) is 0 Å². The molecule has 3 heteroatoms. The highest BCUT2D eigenvalue weighted by molar-refractivity contribution is 6.20. The molecule has 0 unspecified atom stereocenters. The fourth-order valence-corrected chi connectivity index (χ4v) is 0. The molecule has 0 aliphatic heterocycles. The van der Waals surface area contributed by atoms with E-state index in [9.17, 15) is 0 Å². The molecule has 0 spiro atoms. The van der Waals surface area contributed by atoms with E-state index in [2.05, 4.69) is 5.32 Å². The van der Waals surface area contributed by atoms with Crippen molar-refractivity contribution in [3.63, 3.8) is 0 Å². The van der Waals surface area contributed by atoms with Crippen molar-refractivity contribution >= 4 is 7.85 Å². The van der Waals surface area contributed by atoms with E-state index in [1.54, 1.807) is 5.97 Å². The monoisotopic (exact) mass is 84.1 g/mol. The summed E-state index contributed by atoms with van der Waals surface area (Å²) < 4.78 is 0. The lowest BCUT2D eigenvalue weighted by Gasteiger charge is -1.59. The molecule has 0 aliphatic rings. The van der Waals surface area contributed by atoms with E-state index in [1.807, 2.05) is 14.1 Å². The molecule has 0 rings (SSSR count). The Kier molecular flexibility index (Phi) is 36.9. The summed E-state index contributed by atoms with van der Waals surface area (Å²) in [5.41, 5.74) is 0. The summed E-state index contributed by atoms with van der Waals surface area (Å²) in [5, 5.41) is 10.1. The van der Waals surface area contributed by atoms with Gasteiger partial charge in [0.05, 0.1) is 0 Å². The van der Waals surface area contributed by atoms with E-state index < -0.39 is 0 Å². The van der Waals surface area contributed by atoms with Gasteiger partial charge in [0, 0.05) is 0 Å². The zero-order valence-corrected chi connectivity index (χ0v) is 4.45. The van der Waals surface area contributed by atoms with Crippen LogP contribution in [0.1, 0.15) is 0 Å². The number of rotatable bonds is 0. The van der Waals surface area contributed by atoms with Gasteiger partial charge in [-0.1, -0.05) is 0 Å². The Morgan fingerprint density at radius 2 is 1.67 bits per heavy atom. The third-order valence-corrected chi connectivity index (χ3v) is 0. The van der Waals surface area contributed by atoms with E-state index in [1.165, 1.54) is 7.85 Å². The number of nitrogens with one attached hydrogen (secondary N) is 1. The standard InChI is InChI=1S/C2H7N.CH2BN/c1-3-2;2-1-3/h3H,1-2H3;2H2. The first-order valence-electron chi connectivity index (χ1n) is 1.72. The first kappa shape index (κ1) is 9.10. The summed E-state index contributed by atoms with van der Waals surface area (Å²) in [6, 6.07) is 0. The minimum atomic E-state index is 1.43. The van der Waals surface area contributed by atoms with E-state index in [0.29, 0.717) is 0 Å². The van der Waals surface area contributed by atoms with Crippen molar-refractivity contribution in [2.24, 2.45) is 0 Å². The molecule has 0 saturated carbocycles. The molecule has 2 nitrogen and oxygen atoms in total. The van der Waals surface area contributed by atoms with Gasteiger partial charge in [-0.15, -0.1) is 0 Å². The van der Waals surface area contributed by atoms with Crippen LogP contribution in [0.15, 0.2) is 0 Å². The Balaban J connectivity index is 0. The maximum Gasteiger partial charge on any atom is 0.232 e. The van der Waals surface area contributed by atoms with Gasteiger partial charge < -0.3 is 5.32 Å². The Morgan fingerprint density at radius 3 is 1.67 bits per heavy atom. The third kappa shape index (κ3) is 94.5. The number of hydrogen-bond donors (Lipinski definition) is 1. The highest BCUT2D eigenvalue weighted by Crippen LogP contribution is 1.04. The molecule has 1 N–H and O–H groups in total. The van der Waals surface area contributed by atoms with Crippen LogP contribution < -0.4 is 5.32 Å². The van der Waals surface area contributed by atoms with E-state index in [-0.39, 0.29) is 0 Å². The second-order valence-electron chi connectivity index (χ2n) is 0.724. The van der Waals surface area contributed by atoms with Gasteiger partial charge in [-0.25, -0.2) is 5.26 Å². The fraction of sp³-hybridized carbons (Fsp3) is 0.667. The summed E-state index contributed by atoms with van der Waals surface area (Å²) in [4.78, 5) is 0. The largest absolute Gasteiger partial charge is 0.323 e. The number of hydrogen-bond acceptors (Lipinski definition) is 2. The smallest absolute Gasteiger partial charge is 0.232 e. The SMILES string of the molecule is BC#N.CNC. The lowest BCUT2D eigenvalue weighted by Crippen LogP contribution is -1.89. The number of nitriles is 1. The molecule has 0 fully saturated rings. The molecular weight excluding hydrogens is 74.9 g/mol. The van der Waals surface area contributed by atoms with Gasteiger partial charge in [0.2, 0.25) is 7.85 Å². The van der Waals surface area contributed by atoms with E-state index >= 15 is 0 Å². The first-order chi connectivity index (χ1) is 2.83. The van der Waals surface area contributed by atoms with Gasteiger partial charge in [0.1, 0.15) is 0 Å². The second kappa shape index (κ2) is 24.3. The Labute approximate surface area is 39.6 Å². The molecule has 0 heterocycles. The summed E-state index contributed by atoms with van der Waals surface area (Å²) in [5.74, 6) is 1.75. The molecular formula is C3H9BN2. The third-order valence-electron chi connectivity index (χ3n) is 0. The summed E-state index contributed by atoms with van der Waals surface area (Å²) >= 11 is 0. The molecule has 0 aromatic carbocycles. The van der Waals surface area contributed by atoms with Crippen molar-refractivity contribution in [3.8, 4) is 5.97 Å². The molecule has 6 heavy (non-hydrogen) atoms. The predicted molar refractivity (Wildman–Crippen MR) is 29.1 cm³/mol. The van der Waals surface area contributed by atoms with Crippen molar-refractivity contribution in [3.05, 3.63) is 0 Å². The number of nitrogens with zero attached hydrogens (tertiary/aromatic N) is 1. The average molecular weight is 83.9 g/mol.